The molecule has 19 heavy (non-hydrogen) atoms. The van der Waals surface area contributed by atoms with Gasteiger partial charge in [0.15, 0.2) is 12.6 Å². The highest BCUT2D eigenvalue weighted by Gasteiger charge is 2.31. The smallest absolute Gasteiger partial charge is 0.165 e. The summed E-state index contributed by atoms with van der Waals surface area (Å²) in [6.07, 6.45) is 2.77. The lowest BCUT2D eigenvalue weighted by Crippen LogP contribution is -2.39. The van der Waals surface area contributed by atoms with Crippen molar-refractivity contribution in [2.75, 3.05) is 26.4 Å². The first-order valence-corrected chi connectivity index (χ1v) is 7.71. The van der Waals surface area contributed by atoms with E-state index in [1.165, 1.54) is 0 Å². The fraction of sp³-hybridized carbons (Fsp3) is 1.00. The lowest BCUT2D eigenvalue weighted by molar-refractivity contribution is -0.248. The van der Waals surface area contributed by atoms with Crippen molar-refractivity contribution in [1.29, 1.82) is 0 Å². The van der Waals surface area contributed by atoms with Crippen LogP contribution in [0.15, 0.2) is 0 Å². The number of hydrogen-bond acceptors (Lipinski definition) is 4. The van der Waals surface area contributed by atoms with Crippen LogP contribution in [0.4, 0.5) is 0 Å². The van der Waals surface area contributed by atoms with Gasteiger partial charge in [0.25, 0.3) is 0 Å². The first-order chi connectivity index (χ1) is 9.24. The molecule has 0 spiro atoms. The van der Waals surface area contributed by atoms with Gasteiger partial charge in [0.1, 0.15) is 0 Å². The van der Waals surface area contributed by atoms with Crippen LogP contribution in [0.2, 0.25) is 0 Å². The van der Waals surface area contributed by atoms with E-state index < -0.39 is 0 Å². The minimum absolute atomic E-state index is 0.125. The van der Waals surface area contributed by atoms with Crippen LogP contribution in [0, 0.1) is 5.92 Å². The van der Waals surface area contributed by atoms with Crippen LogP contribution in [0.1, 0.15) is 53.9 Å². The third-order valence-corrected chi connectivity index (χ3v) is 2.91. The van der Waals surface area contributed by atoms with Gasteiger partial charge in [-0.15, -0.1) is 0 Å². The third-order valence-electron chi connectivity index (χ3n) is 2.91. The molecule has 0 unspecified atom stereocenters. The van der Waals surface area contributed by atoms with Crippen molar-refractivity contribution in [3.05, 3.63) is 0 Å². The summed E-state index contributed by atoms with van der Waals surface area (Å²) in [6, 6.07) is 0. The fourth-order valence-corrected chi connectivity index (χ4v) is 2.09. The Hall–Kier alpha value is -0.160. The van der Waals surface area contributed by atoms with Crippen molar-refractivity contribution in [3.63, 3.8) is 0 Å². The summed E-state index contributed by atoms with van der Waals surface area (Å²) in [5.41, 5.74) is 0. The highest BCUT2D eigenvalue weighted by atomic mass is 16.7. The van der Waals surface area contributed by atoms with Gasteiger partial charge in [-0.05, 0) is 34.1 Å². The van der Waals surface area contributed by atoms with Gasteiger partial charge in [-0.2, -0.15) is 0 Å². The average Bonchev–Trinajstić information content (AvgIpc) is 2.40. The molecule has 4 heteroatoms. The molecule has 116 valence electrons. The lowest BCUT2D eigenvalue weighted by Gasteiger charge is -2.32. The molecule has 4 nitrogen and oxygen atoms in total. The van der Waals surface area contributed by atoms with E-state index in [0.29, 0.717) is 26.4 Å². The maximum Gasteiger partial charge on any atom is 0.165 e. The van der Waals surface area contributed by atoms with Crippen LogP contribution in [0.3, 0.4) is 0 Å². The Kier molecular flexibility index (Phi) is 12.7. The van der Waals surface area contributed by atoms with E-state index >= 15 is 0 Å². The zero-order valence-electron chi connectivity index (χ0n) is 13.3. The molecule has 0 N–H and O–H groups in total. The van der Waals surface area contributed by atoms with E-state index in [-0.39, 0.29) is 18.5 Å². The Morgan fingerprint density at radius 1 is 0.632 bits per heavy atom. The molecule has 0 saturated heterocycles. The van der Waals surface area contributed by atoms with Gasteiger partial charge in [-0.1, -0.05) is 19.8 Å². The molecule has 0 bridgehead atoms. The third kappa shape index (κ3) is 7.88. The van der Waals surface area contributed by atoms with Gasteiger partial charge in [0, 0.05) is 26.4 Å². The van der Waals surface area contributed by atoms with E-state index in [1.807, 2.05) is 27.7 Å². The molecule has 0 aliphatic carbocycles. The summed E-state index contributed by atoms with van der Waals surface area (Å²) < 4.78 is 22.9. The van der Waals surface area contributed by atoms with E-state index in [1.54, 1.807) is 0 Å². The molecule has 0 aromatic heterocycles. The number of rotatable bonds is 13. The van der Waals surface area contributed by atoms with E-state index in [0.717, 1.165) is 19.3 Å². The molecule has 0 atom stereocenters. The van der Waals surface area contributed by atoms with E-state index in [9.17, 15) is 0 Å². The van der Waals surface area contributed by atoms with Crippen molar-refractivity contribution in [2.24, 2.45) is 5.92 Å². The second-order valence-electron chi connectivity index (χ2n) is 4.36. The average molecular weight is 276 g/mol. The van der Waals surface area contributed by atoms with Crippen molar-refractivity contribution in [2.45, 2.75) is 66.5 Å². The molecule has 0 aliphatic rings. The highest BCUT2D eigenvalue weighted by molar-refractivity contribution is 4.68. The quantitative estimate of drug-likeness (QED) is 0.482. The first kappa shape index (κ1) is 18.8. The molecule has 0 aromatic rings. The van der Waals surface area contributed by atoms with Crippen LogP contribution in [0.5, 0.6) is 0 Å². The molecule has 0 fully saturated rings. The standard InChI is InChI=1S/C15H32O4/c1-6-11-12-13(14(16-7-2)17-8-3)15(18-9-4)19-10-5/h13-15H,6-12H2,1-5H3. The van der Waals surface area contributed by atoms with Crippen LogP contribution >= 0.6 is 0 Å². The molecule has 0 amide bonds. The SMILES string of the molecule is CCCCC(C(OCC)OCC)C(OCC)OCC. The Labute approximate surface area is 118 Å². The molecular weight excluding hydrogens is 244 g/mol. The molecule has 0 radical (unpaired) electrons. The van der Waals surface area contributed by atoms with E-state index in [4.69, 9.17) is 18.9 Å². The van der Waals surface area contributed by atoms with Crippen molar-refractivity contribution < 1.29 is 18.9 Å². The minimum Gasteiger partial charge on any atom is -0.352 e. The monoisotopic (exact) mass is 276 g/mol. The Balaban J connectivity index is 4.76. The summed E-state index contributed by atoms with van der Waals surface area (Å²) in [4.78, 5) is 0. The highest BCUT2D eigenvalue weighted by Crippen LogP contribution is 2.24. The fourth-order valence-electron chi connectivity index (χ4n) is 2.09. The first-order valence-electron chi connectivity index (χ1n) is 7.71. The van der Waals surface area contributed by atoms with Crippen LogP contribution in [-0.2, 0) is 18.9 Å². The van der Waals surface area contributed by atoms with Crippen molar-refractivity contribution in [1.82, 2.24) is 0 Å². The lowest BCUT2D eigenvalue weighted by atomic mass is 10.0. The van der Waals surface area contributed by atoms with Crippen molar-refractivity contribution in [3.8, 4) is 0 Å². The van der Waals surface area contributed by atoms with Gasteiger partial charge >= 0.3 is 0 Å². The van der Waals surface area contributed by atoms with Gasteiger partial charge in [-0.3, -0.25) is 0 Å². The molecule has 0 aliphatic heterocycles. The second-order valence-corrected chi connectivity index (χ2v) is 4.36. The zero-order chi connectivity index (χ0) is 14.5. The largest absolute Gasteiger partial charge is 0.352 e. The summed E-state index contributed by atoms with van der Waals surface area (Å²) in [5.74, 6) is 0.125. The van der Waals surface area contributed by atoms with Crippen LogP contribution < -0.4 is 0 Å². The molecule has 0 heterocycles. The predicted molar refractivity (Wildman–Crippen MR) is 77.1 cm³/mol. The van der Waals surface area contributed by atoms with Gasteiger partial charge < -0.3 is 18.9 Å². The van der Waals surface area contributed by atoms with Crippen LogP contribution in [0.25, 0.3) is 0 Å². The maximum absolute atomic E-state index is 5.73. The molecular formula is C15H32O4. The molecule has 0 rings (SSSR count). The minimum atomic E-state index is -0.246. The summed E-state index contributed by atoms with van der Waals surface area (Å²) in [6.45, 7) is 12.7. The van der Waals surface area contributed by atoms with Gasteiger partial charge in [0.05, 0.1) is 5.92 Å². The predicted octanol–water partition coefficient (Wildman–Crippen LogP) is 3.59. The zero-order valence-corrected chi connectivity index (χ0v) is 13.3. The number of unbranched alkanes of at least 4 members (excludes halogenated alkanes) is 1. The van der Waals surface area contributed by atoms with Gasteiger partial charge in [0.2, 0.25) is 0 Å². The topological polar surface area (TPSA) is 36.9 Å². The van der Waals surface area contributed by atoms with Gasteiger partial charge in [-0.25, -0.2) is 0 Å². The summed E-state index contributed by atoms with van der Waals surface area (Å²) >= 11 is 0. The number of ether oxygens (including phenoxy) is 4. The Bertz CT molecular complexity index is 159. The Morgan fingerprint density at radius 3 is 1.26 bits per heavy atom. The Morgan fingerprint density at radius 2 is 1.00 bits per heavy atom. The van der Waals surface area contributed by atoms with E-state index in [2.05, 4.69) is 6.92 Å². The van der Waals surface area contributed by atoms with Crippen LogP contribution in [-0.4, -0.2) is 39.0 Å². The number of hydrogen-bond donors (Lipinski definition) is 0. The molecule has 0 saturated carbocycles. The summed E-state index contributed by atoms with van der Waals surface area (Å²) in [7, 11) is 0. The second kappa shape index (κ2) is 12.9. The normalized spacial score (nSPS) is 12.0. The summed E-state index contributed by atoms with van der Waals surface area (Å²) in [5, 5.41) is 0. The molecule has 0 aromatic carbocycles. The van der Waals surface area contributed by atoms with Crippen molar-refractivity contribution >= 4 is 0 Å². The maximum atomic E-state index is 5.73.